The first-order valence-electron chi connectivity index (χ1n) is 9.21. The van der Waals surface area contributed by atoms with E-state index in [-0.39, 0.29) is 33.4 Å². The number of allylic oxidation sites excluding steroid dienone is 4. The average molecular weight is 441 g/mol. The molecule has 0 amide bonds. The molecule has 0 fully saturated rings. The molecule has 4 rings (SSSR count). The molecule has 1 heterocycles. The first-order valence-corrected chi connectivity index (χ1v) is 9.97. The molecule has 152 valence electrons. The Hall–Kier alpha value is -3.02. The van der Waals surface area contributed by atoms with Gasteiger partial charge in [0.15, 0.2) is 5.78 Å². The molecule has 2 aromatic carbocycles. The quantitative estimate of drug-likeness (QED) is 0.478. The monoisotopic (exact) mass is 440 g/mol. The van der Waals surface area contributed by atoms with Gasteiger partial charge in [0.2, 0.25) is 5.78 Å². The van der Waals surface area contributed by atoms with Gasteiger partial charge in [-0.05, 0) is 30.7 Å². The van der Waals surface area contributed by atoms with E-state index < -0.39 is 5.78 Å². The van der Waals surface area contributed by atoms with Crippen LogP contribution < -0.4 is 10.6 Å². The van der Waals surface area contributed by atoms with Crippen LogP contribution in [0.5, 0.6) is 5.75 Å². The van der Waals surface area contributed by atoms with E-state index in [4.69, 9.17) is 33.8 Å². The van der Waals surface area contributed by atoms with Gasteiger partial charge in [-0.25, -0.2) is 0 Å². The van der Waals surface area contributed by atoms with Crippen LogP contribution >= 0.6 is 23.2 Å². The predicted molar refractivity (Wildman–Crippen MR) is 119 cm³/mol. The summed E-state index contributed by atoms with van der Waals surface area (Å²) in [5.41, 5.74) is 3.08. The van der Waals surface area contributed by atoms with Gasteiger partial charge in [-0.2, -0.15) is 0 Å². The highest BCUT2D eigenvalue weighted by Gasteiger charge is 2.36. The fraction of sp³-hybridized carbons (Fsp3) is 0.130. The molecule has 2 N–H and O–H groups in total. The van der Waals surface area contributed by atoms with Crippen molar-refractivity contribution in [2.75, 3.05) is 13.0 Å². The van der Waals surface area contributed by atoms with Crippen LogP contribution in [0.3, 0.4) is 0 Å². The van der Waals surface area contributed by atoms with E-state index in [1.807, 2.05) is 36.4 Å². The number of halogens is 2. The zero-order chi connectivity index (χ0) is 21.6. The molecule has 30 heavy (non-hydrogen) atoms. The Morgan fingerprint density at radius 2 is 1.63 bits per heavy atom. The number of ketones is 2. The molecule has 7 heteroatoms. The Labute approximate surface area is 183 Å². The summed E-state index contributed by atoms with van der Waals surface area (Å²) in [5.74, 6) is 5.94. The van der Waals surface area contributed by atoms with Crippen LogP contribution in [-0.4, -0.2) is 23.4 Å². The van der Waals surface area contributed by atoms with Gasteiger partial charge in [-0.15, -0.1) is 0 Å². The van der Waals surface area contributed by atoms with Crippen LogP contribution in [0, 0.1) is 6.92 Å². The number of nitrogen functional groups attached to an aromatic ring is 1. The smallest absolute Gasteiger partial charge is 0.216 e. The highest BCUT2D eigenvalue weighted by Crippen LogP contribution is 2.40. The van der Waals surface area contributed by atoms with Gasteiger partial charge in [0.25, 0.3) is 0 Å². The summed E-state index contributed by atoms with van der Waals surface area (Å²) in [7, 11) is 1.58. The standard InChI is InChI=1S/C23H18Cl2N2O3/c1-12-18(15-5-3-4-6-17(15)27(12)26)19-21(25)23(29)20(24)16(22(19)28)11-13-7-9-14(30-2)10-8-13/h3-10H,11,26H2,1-2H3. The second-order valence-electron chi connectivity index (χ2n) is 7.01. The van der Waals surface area contributed by atoms with Gasteiger partial charge in [0, 0.05) is 28.6 Å². The van der Waals surface area contributed by atoms with E-state index in [0.717, 1.165) is 16.5 Å². The number of carbonyl (C=O) groups excluding carboxylic acids is 2. The Kier molecular flexibility index (Phi) is 5.18. The molecule has 1 aliphatic carbocycles. The summed E-state index contributed by atoms with van der Waals surface area (Å²) in [4.78, 5) is 26.3. The van der Waals surface area contributed by atoms with E-state index in [9.17, 15) is 9.59 Å². The van der Waals surface area contributed by atoms with Gasteiger partial charge in [-0.1, -0.05) is 53.5 Å². The number of aromatic nitrogens is 1. The SMILES string of the molecule is COc1ccc(CC2=C(Cl)C(=O)C(Cl)=C(c3c(C)n(N)c4ccccc34)C2=O)cc1. The highest BCUT2D eigenvalue weighted by atomic mass is 35.5. The van der Waals surface area contributed by atoms with Crippen molar-refractivity contribution in [1.82, 2.24) is 4.68 Å². The van der Waals surface area contributed by atoms with Gasteiger partial charge in [0.05, 0.1) is 23.2 Å². The minimum absolute atomic E-state index is 0.132. The Bertz CT molecular complexity index is 1270. The summed E-state index contributed by atoms with van der Waals surface area (Å²) in [6.45, 7) is 1.79. The molecule has 1 aromatic heterocycles. The number of fused-ring (bicyclic) bond motifs is 1. The second kappa shape index (κ2) is 7.67. The van der Waals surface area contributed by atoms with Gasteiger partial charge in [0.1, 0.15) is 10.8 Å². The molecule has 1 aliphatic rings. The second-order valence-corrected chi connectivity index (χ2v) is 7.77. The number of nitrogens with two attached hydrogens (primary N) is 1. The molecular weight excluding hydrogens is 423 g/mol. The summed E-state index contributed by atoms with van der Waals surface area (Å²) in [6, 6.07) is 14.6. The molecule has 0 unspecified atom stereocenters. The molecular formula is C23H18Cl2N2O3. The maximum Gasteiger partial charge on any atom is 0.216 e. The van der Waals surface area contributed by atoms with Crippen molar-refractivity contribution in [3.8, 4) is 5.75 Å². The van der Waals surface area contributed by atoms with Crippen molar-refractivity contribution in [2.45, 2.75) is 13.3 Å². The van der Waals surface area contributed by atoms with Crippen LogP contribution in [0.25, 0.3) is 16.5 Å². The van der Waals surface area contributed by atoms with Gasteiger partial charge >= 0.3 is 0 Å². The zero-order valence-electron chi connectivity index (χ0n) is 16.3. The minimum Gasteiger partial charge on any atom is -0.497 e. The lowest BCUT2D eigenvalue weighted by Gasteiger charge is -2.19. The fourth-order valence-corrected chi connectivity index (χ4v) is 4.30. The average Bonchev–Trinajstić information content (AvgIpc) is 3.01. The number of carbonyl (C=O) groups is 2. The Balaban J connectivity index is 1.84. The number of para-hydroxylation sites is 1. The lowest BCUT2D eigenvalue weighted by Crippen LogP contribution is -2.21. The number of methoxy groups -OCH3 is 1. The van der Waals surface area contributed by atoms with Crippen molar-refractivity contribution >= 4 is 51.2 Å². The van der Waals surface area contributed by atoms with Crippen LogP contribution in [0.2, 0.25) is 0 Å². The molecule has 3 aromatic rings. The summed E-state index contributed by atoms with van der Waals surface area (Å²) in [6.07, 6.45) is 0.196. The molecule has 0 saturated carbocycles. The van der Waals surface area contributed by atoms with Crippen molar-refractivity contribution in [1.29, 1.82) is 0 Å². The zero-order valence-corrected chi connectivity index (χ0v) is 17.8. The number of hydrogen-bond acceptors (Lipinski definition) is 4. The third-order valence-electron chi connectivity index (χ3n) is 5.33. The molecule has 0 bridgehead atoms. The lowest BCUT2D eigenvalue weighted by atomic mass is 9.86. The van der Waals surface area contributed by atoms with Crippen LogP contribution in [-0.2, 0) is 16.0 Å². The maximum atomic E-state index is 13.5. The molecule has 0 spiro atoms. The maximum absolute atomic E-state index is 13.5. The minimum atomic E-state index is -0.565. The summed E-state index contributed by atoms with van der Waals surface area (Å²) in [5, 5.41) is 0.398. The summed E-state index contributed by atoms with van der Waals surface area (Å²) >= 11 is 12.7. The molecule has 0 atom stereocenters. The number of rotatable bonds is 4. The first-order chi connectivity index (χ1) is 14.3. The normalized spacial score (nSPS) is 14.8. The fourth-order valence-electron chi connectivity index (χ4n) is 3.73. The molecule has 0 saturated heterocycles. The molecule has 0 aliphatic heterocycles. The van der Waals surface area contributed by atoms with E-state index >= 15 is 0 Å². The van der Waals surface area contributed by atoms with Gasteiger partial charge < -0.3 is 10.6 Å². The topological polar surface area (TPSA) is 74.3 Å². The number of benzene rings is 2. The Morgan fingerprint density at radius 3 is 2.30 bits per heavy atom. The Morgan fingerprint density at radius 1 is 0.967 bits per heavy atom. The third-order valence-corrected chi connectivity index (χ3v) is 6.09. The van der Waals surface area contributed by atoms with Gasteiger partial charge in [-0.3, -0.25) is 14.3 Å². The van der Waals surface area contributed by atoms with E-state index in [0.29, 0.717) is 17.0 Å². The summed E-state index contributed by atoms with van der Waals surface area (Å²) < 4.78 is 6.65. The number of nitrogens with zero attached hydrogens (tertiary/aromatic N) is 1. The predicted octanol–water partition coefficient (Wildman–Crippen LogP) is 4.51. The van der Waals surface area contributed by atoms with E-state index in [2.05, 4.69) is 0 Å². The number of hydrogen-bond donors (Lipinski definition) is 1. The number of Topliss-reactive ketones (excluding diaryl/α,β-unsaturated/α-hetero) is 2. The van der Waals surface area contributed by atoms with Crippen molar-refractivity contribution in [2.24, 2.45) is 0 Å². The molecule has 5 nitrogen and oxygen atoms in total. The van der Waals surface area contributed by atoms with Crippen molar-refractivity contribution in [3.05, 3.63) is 81.0 Å². The first kappa shape index (κ1) is 20.3. The van der Waals surface area contributed by atoms with E-state index in [1.54, 1.807) is 26.2 Å². The highest BCUT2D eigenvalue weighted by molar-refractivity contribution is 6.63. The van der Waals surface area contributed by atoms with Crippen molar-refractivity contribution in [3.63, 3.8) is 0 Å². The van der Waals surface area contributed by atoms with Crippen LogP contribution in [0.15, 0.2) is 64.2 Å². The lowest BCUT2D eigenvalue weighted by molar-refractivity contribution is -0.114. The van der Waals surface area contributed by atoms with Crippen LogP contribution in [0.4, 0.5) is 0 Å². The third kappa shape index (κ3) is 3.11. The van der Waals surface area contributed by atoms with E-state index in [1.165, 1.54) is 4.68 Å². The van der Waals surface area contributed by atoms with Crippen LogP contribution in [0.1, 0.15) is 16.8 Å². The largest absolute Gasteiger partial charge is 0.497 e. The number of ether oxygens (including phenoxy) is 1. The molecule has 0 radical (unpaired) electrons. The van der Waals surface area contributed by atoms with Crippen molar-refractivity contribution < 1.29 is 14.3 Å².